The lowest BCUT2D eigenvalue weighted by molar-refractivity contribution is 0.553. The number of hydrogen-bond acceptors (Lipinski definition) is 0. The molecule has 1 aromatic carbocycles. The summed E-state index contributed by atoms with van der Waals surface area (Å²) in [6.45, 7) is 15.6. The van der Waals surface area contributed by atoms with Gasteiger partial charge in [-0.05, 0) is 39.5 Å². The third-order valence-corrected chi connectivity index (χ3v) is 3.65. The minimum atomic E-state index is 0.231. The van der Waals surface area contributed by atoms with Gasteiger partial charge in [-0.15, -0.1) is 0 Å². The molecule has 0 nitrogen and oxygen atoms in total. The van der Waals surface area contributed by atoms with Crippen LogP contribution in [0.5, 0.6) is 0 Å². The van der Waals surface area contributed by atoms with Crippen LogP contribution in [0.15, 0.2) is 24.8 Å². The fourth-order valence-electron chi connectivity index (χ4n) is 2.60. The molecule has 0 aromatic heterocycles. The SMILES string of the molecule is C=C1CC(C)(C)c2cc(C(C)(C)C)ccc21. The van der Waals surface area contributed by atoms with Gasteiger partial charge in [0.15, 0.2) is 0 Å². The average Bonchev–Trinajstić information content (AvgIpc) is 2.36. The molecule has 0 bridgehead atoms. The summed E-state index contributed by atoms with van der Waals surface area (Å²) >= 11 is 0. The van der Waals surface area contributed by atoms with E-state index in [4.69, 9.17) is 0 Å². The molecular weight excluding hydrogens is 192 g/mol. The Morgan fingerprint density at radius 3 is 2.38 bits per heavy atom. The average molecular weight is 214 g/mol. The molecule has 0 heterocycles. The van der Waals surface area contributed by atoms with Crippen molar-refractivity contribution in [1.82, 2.24) is 0 Å². The molecule has 1 aliphatic rings. The topological polar surface area (TPSA) is 0 Å². The molecule has 0 fully saturated rings. The predicted octanol–water partition coefficient (Wildman–Crippen LogP) is 4.68. The molecule has 16 heavy (non-hydrogen) atoms. The Bertz CT molecular complexity index is 442. The van der Waals surface area contributed by atoms with Gasteiger partial charge in [-0.3, -0.25) is 0 Å². The van der Waals surface area contributed by atoms with Crippen molar-refractivity contribution in [1.29, 1.82) is 0 Å². The molecule has 0 spiro atoms. The summed E-state index contributed by atoms with van der Waals surface area (Å²) in [6, 6.07) is 6.89. The molecule has 0 unspecified atom stereocenters. The number of benzene rings is 1. The van der Waals surface area contributed by atoms with E-state index in [2.05, 4.69) is 59.4 Å². The van der Waals surface area contributed by atoms with Crippen molar-refractivity contribution in [2.45, 2.75) is 51.9 Å². The second kappa shape index (κ2) is 3.23. The van der Waals surface area contributed by atoms with E-state index in [9.17, 15) is 0 Å². The Kier molecular flexibility index (Phi) is 2.31. The van der Waals surface area contributed by atoms with Gasteiger partial charge in [0.25, 0.3) is 0 Å². The summed E-state index contributed by atoms with van der Waals surface area (Å²) in [5, 5.41) is 0. The van der Waals surface area contributed by atoms with Crippen molar-refractivity contribution in [3.05, 3.63) is 41.5 Å². The van der Waals surface area contributed by atoms with Crippen molar-refractivity contribution in [3.8, 4) is 0 Å². The molecule has 1 aliphatic carbocycles. The van der Waals surface area contributed by atoms with Crippen molar-refractivity contribution in [3.63, 3.8) is 0 Å². The van der Waals surface area contributed by atoms with Crippen LogP contribution in [0.3, 0.4) is 0 Å². The standard InChI is InChI=1S/C16H22/c1-11-10-16(5,6)14-9-12(15(2,3)4)7-8-13(11)14/h7-9H,1,10H2,2-6H3. The third kappa shape index (κ3) is 1.71. The van der Waals surface area contributed by atoms with Gasteiger partial charge in [-0.25, -0.2) is 0 Å². The zero-order valence-corrected chi connectivity index (χ0v) is 11.1. The quantitative estimate of drug-likeness (QED) is 0.588. The normalized spacial score (nSPS) is 18.7. The fourth-order valence-corrected chi connectivity index (χ4v) is 2.60. The largest absolute Gasteiger partial charge is 0.0952 e. The first-order valence-corrected chi connectivity index (χ1v) is 6.05. The van der Waals surface area contributed by atoms with Gasteiger partial charge >= 0.3 is 0 Å². The lowest BCUT2D eigenvalue weighted by Gasteiger charge is -2.24. The van der Waals surface area contributed by atoms with Crippen LogP contribution in [-0.2, 0) is 10.8 Å². The second-order valence-electron chi connectivity index (χ2n) is 6.67. The summed E-state index contributed by atoms with van der Waals surface area (Å²) in [4.78, 5) is 0. The Balaban J connectivity index is 2.59. The summed E-state index contributed by atoms with van der Waals surface area (Å²) in [6.07, 6.45) is 1.09. The van der Waals surface area contributed by atoms with Gasteiger partial charge in [0.2, 0.25) is 0 Å². The van der Waals surface area contributed by atoms with Crippen LogP contribution >= 0.6 is 0 Å². The van der Waals surface area contributed by atoms with E-state index < -0.39 is 0 Å². The molecular formula is C16H22. The van der Waals surface area contributed by atoms with Crippen LogP contribution in [0.1, 0.15) is 57.7 Å². The highest BCUT2D eigenvalue weighted by Crippen LogP contribution is 2.45. The zero-order chi connectivity index (χ0) is 12.1. The van der Waals surface area contributed by atoms with Gasteiger partial charge in [-0.1, -0.05) is 59.4 Å². The molecule has 0 heteroatoms. The van der Waals surface area contributed by atoms with E-state index in [1.807, 2.05) is 0 Å². The van der Waals surface area contributed by atoms with E-state index in [-0.39, 0.29) is 10.8 Å². The summed E-state index contributed by atoms with van der Waals surface area (Å²) in [5.41, 5.74) is 6.06. The molecule has 0 aliphatic heterocycles. The fraction of sp³-hybridized carbons (Fsp3) is 0.500. The van der Waals surface area contributed by atoms with Crippen LogP contribution in [0.25, 0.3) is 5.57 Å². The summed E-state index contributed by atoms with van der Waals surface area (Å²) < 4.78 is 0. The van der Waals surface area contributed by atoms with E-state index >= 15 is 0 Å². The highest BCUT2D eigenvalue weighted by molar-refractivity contribution is 5.74. The monoisotopic (exact) mass is 214 g/mol. The van der Waals surface area contributed by atoms with Gasteiger partial charge in [0, 0.05) is 0 Å². The molecule has 0 N–H and O–H groups in total. The number of hydrogen-bond donors (Lipinski definition) is 0. The van der Waals surface area contributed by atoms with Crippen molar-refractivity contribution in [2.24, 2.45) is 0 Å². The maximum absolute atomic E-state index is 4.18. The molecule has 0 atom stereocenters. The first kappa shape index (κ1) is 11.4. The van der Waals surface area contributed by atoms with Crippen LogP contribution in [0.4, 0.5) is 0 Å². The van der Waals surface area contributed by atoms with Gasteiger partial charge < -0.3 is 0 Å². The van der Waals surface area contributed by atoms with Gasteiger partial charge in [0.1, 0.15) is 0 Å². The van der Waals surface area contributed by atoms with E-state index in [0.717, 1.165) is 6.42 Å². The Morgan fingerprint density at radius 1 is 1.19 bits per heavy atom. The lowest BCUT2D eigenvalue weighted by Crippen LogP contribution is -2.15. The Morgan fingerprint density at radius 2 is 1.81 bits per heavy atom. The molecule has 0 amide bonds. The van der Waals surface area contributed by atoms with Gasteiger partial charge in [-0.2, -0.15) is 0 Å². The first-order valence-electron chi connectivity index (χ1n) is 6.05. The second-order valence-corrected chi connectivity index (χ2v) is 6.67. The molecule has 1 aromatic rings. The van der Waals surface area contributed by atoms with Crippen LogP contribution in [-0.4, -0.2) is 0 Å². The van der Waals surface area contributed by atoms with E-state index in [1.54, 1.807) is 0 Å². The summed E-state index contributed by atoms with van der Waals surface area (Å²) in [7, 11) is 0. The number of fused-ring (bicyclic) bond motifs is 1. The molecule has 0 saturated heterocycles. The highest BCUT2D eigenvalue weighted by atomic mass is 14.4. The minimum Gasteiger partial charge on any atom is -0.0952 e. The summed E-state index contributed by atoms with van der Waals surface area (Å²) in [5.74, 6) is 0. The molecule has 0 saturated carbocycles. The van der Waals surface area contributed by atoms with Crippen LogP contribution in [0, 0.1) is 0 Å². The highest BCUT2D eigenvalue weighted by Gasteiger charge is 2.33. The molecule has 86 valence electrons. The Labute approximate surface area is 99.4 Å². The zero-order valence-electron chi connectivity index (χ0n) is 11.1. The van der Waals surface area contributed by atoms with E-state index in [0.29, 0.717) is 0 Å². The molecule has 0 radical (unpaired) electrons. The van der Waals surface area contributed by atoms with Crippen LogP contribution in [0.2, 0.25) is 0 Å². The maximum Gasteiger partial charge on any atom is -0.00571 e. The van der Waals surface area contributed by atoms with E-state index in [1.165, 1.54) is 22.3 Å². The van der Waals surface area contributed by atoms with Crippen LogP contribution < -0.4 is 0 Å². The third-order valence-electron chi connectivity index (χ3n) is 3.65. The van der Waals surface area contributed by atoms with Crippen molar-refractivity contribution in [2.75, 3.05) is 0 Å². The van der Waals surface area contributed by atoms with Crippen molar-refractivity contribution >= 4 is 5.57 Å². The first-order chi connectivity index (χ1) is 7.22. The van der Waals surface area contributed by atoms with Crippen molar-refractivity contribution < 1.29 is 0 Å². The predicted molar refractivity (Wildman–Crippen MR) is 71.8 cm³/mol. The smallest absolute Gasteiger partial charge is 0.00571 e. The maximum atomic E-state index is 4.18. The number of allylic oxidation sites excluding steroid dienone is 1. The van der Waals surface area contributed by atoms with Gasteiger partial charge in [0.05, 0.1) is 0 Å². The minimum absolute atomic E-state index is 0.231. The lowest BCUT2D eigenvalue weighted by atomic mass is 9.81. The molecule has 2 rings (SSSR count). The number of rotatable bonds is 0. The Hall–Kier alpha value is -1.04.